The van der Waals surface area contributed by atoms with Gasteiger partial charge in [-0.1, -0.05) is 6.07 Å². The van der Waals surface area contributed by atoms with E-state index in [9.17, 15) is 9.59 Å². The standard InChI is InChI=1S/C21H31N5O4/c1-23(2)21(28)26-11-7-9-17(26)19-22-18(16-8-5-6-10-25(16)19)20(27)24(12-14-29-3)13-15-30-4/h5-6,8,10,17H,7,9,11-15H2,1-4H3. The summed E-state index contributed by atoms with van der Waals surface area (Å²) in [7, 11) is 6.72. The van der Waals surface area contributed by atoms with Crippen molar-refractivity contribution in [3.63, 3.8) is 0 Å². The minimum absolute atomic E-state index is 0.0418. The summed E-state index contributed by atoms with van der Waals surface area (Å²) in [5.41, 5.74) is 1.13. The molecule has 0 N–H and O–H groups in total. The Balaban J connectivity index is 1.99. The van der Waals surface area contributed by atoms with Crippen LogP contribution in [0, 0.1) is 0 Å². The molecule has 2 aromatic rings. The molecule has 1 fully saturated rings. The molecule has 9 nitrogen and oxygen atoms in total. The lowest BCUT2D eigenvalue weighted by Gasteiger charge is -2.27. The molecule has 1 aliphatic heterocycles. The van der Waals surface area contributed by atoms with Crippen molar-refractivity contribution in [1.82, 2.24) is 24.1 Å². The number of likely N-dealkylation sites (tertiary alicyclic amines) is 1. The second kappa shape index (κ2) is 9.90. The number of pyridine rings is 1. The number of fused-ring (bicyclic) bond motifs is 1. The van der Waals surface area contributed by atoms with E-state index in [2.05, 4.69) is 0 Å². The average molecular weight is 418 g/mol. The molecule has 0 bridgehead atoms. The van der Waals surface area contributed by atoms with Gasteiger partial charge in [0.15, 0.2) is 5.69 Å². The van der Waals surface area contributed by atoms with Gasteiger partial charge in [0.05, 0.1) is 24.8 Å². The first kappa shape index (κ1) is 22.0. The Morgan fingerprint density at radius 2 is 1.87 bits per heavy atom. The van der Waals surface area contributed by atoms with E-state index in [0.717, 1.165) is 24.2 Å². The molecule has 30 heavy (non-hydrogen) atoms. The Labute approximate surface area is 177 Å². The molecule has 9 heteroatoms. The molecular weight excluding hydrogens is 386 g/mol. The van der Waals surface area contributed by atoms with Gasteiger partial charge in [-0.15, -0.1) is 0 Å². The first-order valence-electron chi connectivity index (χ1n) is 10.2. The third kappa shape index (κ3) is 4.41. The number of carbonyl (C=O) groups is 2. The van der Waals surface area contributed by atoms with Gasteiger partial charge in [-0.3, -0.25) is 4.79 Å². The smallest absolute Gasteiger partial charge is 0.320 e. The zero-order valence-electron chi connectivity index (χ0n) is 18.2. The average Bonchev–Trinajstić information content (AvgIpc) is 3.37. The quantitative estimate of drug-likeness (QED) is 0.655. The Hall–Kier alpha value is -2.65. The molecular formula is C21H31N5O4. The largest absolute Gasteiger partial charge is 0.383 e. The van der Waals surface area contributed by atoms with Crippen molar-refractivity contribution >= 4 is 17.5 Å². The number of imidazole rings is 1. The Kier molecular flexibility index (Phi) is 7.28. The molecule has 3 rings (SSSR count). The maximum atomic E-state index is 13.4. The van der Waals surface area contributed by atoms with Gasteiger partial charge in [-0.05, 0) is 25.0 Å². The Morgan fingerprint density at radius 1 is 1.17 bits per heavy atom. The summed E-state index contributed by atoms with van der Waals surface area (Å²) < 4.78 is 12.3. The number of aromatic nitrogens is 2. The number of hydrogen-bond acceptors (Lipinski definition) is 5. The van der Waals surface area contributed by atoms with Gasteiger partial charge < -0.3 is 28.6 Å². The van der Waals surface area contributed by atoms with Crippen LogP contribution >= 0.6 is 0 Å². The lowest BCUT2D eigenvalue weighted by Crippen LogP contribution is -2.39. The van der Waals surface area contributed by atoms with E-state index in [4.69, 9.17) is 14.5 Å². The zero-order chi connectivity index (χ0) is 21.7. The van der Waals surface area contributed by atoms with Crippen molar-refractivity contribution in [2.75, 3.05) is 61.2 Å². The van der Waals surface area contributed by atoms with Crippen LogP contribution in [0.3, 0.4) is 0 Å². The van der Waals surface area contributed by atoms with Crippen LogP contribution in [0.1, 0.15) is 35.2 Å². The molecule has 164 valence electrons. The normalized spacial score (nSPS) is 16.3. The second-order valence-electron chi connectivity index (χ2n) is 7.58. The van der Waals surface area contributed by atoms with Crippen molar-refractivity contribution in [3.8, 4) is 0 Å². The fraction of sp³-hybridized carbons (Fsp3) is 0.571. The highest BCUT2D eigenvalue weighted by molar-refractivity contribution is 5.99. The van der Waals surface area contributed by atoms with Crippen molar-refractivity contribution in [3.05, 3.63) is 35.9 Å². The molecule has 1 aliphatic rings. The molecule has 2 aromatic heterocycles. The molecule has 1 saturated heterocycles. The summed E-state index contributed by atoms with van der Waals surface area (Å²) in [5.74, 6) is 0.558. The van der Waals surface area contributed by atoms with E-state index >= 15 is 0 Å². The van der Waals surface area contributed by atoms with Crippen LogP contribution in [0.4, 0.5) is 4.79 Å². The van der Waals surface area contributed by atoms with Gasteiger partial charge in [0.1, 0.15) is 5.82 Å². The van der Waals surface area contributed by atoms with Crippen LogP contribution in [0.15, 0.2) is 24.4 Å². The van der Waals surface area contributed by atoms with Crippen LogP contribution < -0.4 is 0 Å². The van der Waals surface area contributed by atoms with Gasteiger partial charge in [0, 0.05) is 54.1 Å². The minimum Gasteiger partial charge on any atom is -0.383 e. The lowest BCUT2D eigenvalue weighted by molar-refractivity contribution is 0.0624. The summed E-state index contributed by atoms with van der Waals surface area (Å²) in [4.78, 5) is 35.9. The van der Waals surface area contributed by atoms with Gasteiger partial charge in [0.2, 0.25) is 0 Å². The number of nitrogens with zero attached hydrogens (tertiary/aromatic N) is 5. The van der Waals surface area contributed by atoms with Crippen molar-refractivity contribution in [2.45, 2.75) is 18.9 Å². The summed E-state index contributed by atoms with van der Waals surface area (Å²) in [6, 6.07) is 5.49. The molecule has 0 radical (unpaired) electrons. The SMILES string of the molecule is COCCN(CCOC)C(=O)c1nc(C2CCCN2C(=O)N(C)C)n2ccccc12. The molecule has 3 amide bonds. The number of urea groups is 1. The first-order chi connectivity index (χ1) is 14.5. The van der Waals surface area contributed by atoms with Crippen molar-refractivity contribution in [1.29, 1.82) is 0 Å². The van der Waals surface area contributed by atoms with Crippen LogP contribution in [0.2, 0.25) is 0 Å². The van der Waals surface area contributed by atoms with Gasteiger partial charge in [-0.2, -0.15) is 0 Å². The lowest BCUT2D eigenvalue weighted by atomic mass is 10.2. The van der Waals surface area contributed by atoms with Crippen LogP contribution in [0.25, 0.3) is 5.52 Å². The summed E-state index contributed by atoms with van der Waals surface area (Å²) in [6.07, 6.45) is 3.63. The van der Waals surface area contributed by atoms with E-state index in [0.29, 0.717) is 38.5 Å². The third-order valence-corrected chi connectivity index (χ3v) is 5.38. The van der Waals surface area contributed by atoms with Crippen LogP contribution in [-0.4, -0.2) is 97.2 Å². The zero-order valence-corrected chi connectivity index (χ0v) is 18.2. The maximum Gasteiger partial charge on any atom is 0.320 e. The molecule has 1 atom stereocenters. The topological polar surface area (TPSA) is 79.6 Å². The molecule has 0 spiro atoms. The number of amides is 3. The summed E-state index contributed by atoms with van der Waals surface area (Å²) >= 11 is 0. The first-order valence-corrected chi connectivity index (χ1v) is 10.2. The monoisotopic (exact) mass is 417 g/mol. The predicted molar refractivity (Wildman–Crippen MR) is 113 cm³/mol. The second-order valence-corrected chi connectivity index (χ2v) is 7.58. The Bertz CT molecular complexity index is 873. The number of methoxy groups -OCH3 is 2. The van der Waals surface area contributed by atoms with Gasteiger partial charge >= 0.3 is 6.03 Å². The van der Waals surface area contributed by atoms with Crippen molar-refractivity contribution < 1.29 is 19.1 Å². The van der Waals surface area contributed by atoms with E-state index in [-0.39, 0.29) is 18.0 Å². The van der Waals surface area contributed by atoms with Crippen LogP contribution in [0.5, 0.6) is 0 Å². The Morgan fingerprint density at radius 3 is 2.50 bits per heavy atom. The van der Waals surface area contributed by atoms with Crippen molar-refractivity contribution in [2.24, 2.45) is 0 Å². The highest BCUT2D eigenvalue weighted by Crippen LogP contribution is 2.33. The fourth-order valence-electron chi connectivity index (χ4n) is 3.84. The van der Waals surface area contributed by atoms with Crippen LogP contribution in [-0.2, 0) is 9.47 Å². The third-order valence-electron chi connectivity index (χ3n) is 5.38. The molecule has 0 aliphatic carbocycles. The predicted octanol–water partition coefficient (Wildman–Crippen LogP) is 1.89. The van der Waals surface area contributed by atoms with Gasteiger partial charge in [-0.25, -0.2) is 9.78 Å². The minimum atomic E-state index is -0.164. The number of rotatable bonds is 8. The molecule has 3 heterocycles. The number of ether oxygens (including phenoxy) is 2. The number of carbonyl (C=O) groups excluding carboxylic acids is 2. The summed E-state index contributed by atoms with van der Waals surface area (Å²) in [5, 5.41) is 0. The van der Waals surface area contributed by atoms with Gasteiger partial charge in [0.25, 0.3) is 5.91 Å². The van der Waals surface area contributed by atoms with E-state index in [1.54, 1.807) is 38.1 Å². The highest BCUT2D eigenvalue weighted by atomic mass is 16.5. The summed E-state index contributed by atoms with van der Waals surface area (Å²) in [6.45, 7) is 2.45. The molecule has 0 aromatic carbocycles. The van der Waals surface area contributed by atoms with E-state index in [1.165, 1.54) is 0 Å². The fourth-order valence-corrected chi connectivity index (χ4v) is 3.84. The van der Waals surface area contributed by atoms with E-state index in [1.807, 2.05) is 33.7 Å². The molecule has 0 saturated carbocycles. The molecule has 1 unspecified atom stereocenters. The highest BCUT2D eigenvalue weighted by Gasteiger charge is 2.35. The number of hydrogen-bond donors (Lipinski definition) is 0. The maximum absolute atomic E-state index is 13.4. The van der Waals surface area contributed by atoms with E-state index < -0.39 is 0 Å².